The Kier molecular flexibility index (Phi) is 4.82. The van der Waals surface area contributed by atoms with Crippen molar-refractivity contribution in [1.29, 1.82) is 0 Å². The first-order chi connectivity index (χ1) is 12.2. The lowest BCUT2D eigenvalue weighted by Gasteiger charge is -2.20. The Hall–Kier alpha value is -2.30. The predicted molar refractivity (Wildman–Crippen MR) is 95.9 cm³/mol. The third-order valence-corrected chi connectivity index (χ3v) is 6.35. The highest BCUT2D eigenvalue weighted by molar-refractivity contribution is 7.89. The molecular formula is C16H17N3O5S2. The largest absolute Gasteiger partial charge is 0.476 e. The van der Waals surface area contributed by atoms with Gasteiger partial charge in [0.2, 0.25) is 15.9 Å². The highest BCUT2D eigenvalue weighted by Gasteiger charge is 2.30. The van der Waals surface area contributed by atoms with Crippen LogP contribution in [0.15, 0.2) is 28.5 Å². The van der Waals surface area contributed by atoms with Crippen molar-refractivity contribution in [3.8, 4) is 0 Å². The van der Waals surface area contributed by atoms with E-state index in [1.54, 1.807) is 17.0 Å². The van der Waals surface area contributed by atoms with Gasteiger partial charge in [-0.3, -0.25) is 4.79 Å². The van der Waals surface area contributed by atoms with E-state index < -0.39 is 16.0 Å². The number of thiazole rings is 1. The molecule has 1 atom stereocenters. The van der Waals surface area contributed by atoms with Crippen LogP contribution in [-0.4, -0.2) is 36.4 Å². The summed E-state index contributed by atoms with van der Waals surface area (Å²) in [6.07, 6.45) is 0.590. The van der Waals surface area contributed by atoms with Crippen LogP contribution in [0, 0.1) is 0 Å². The molecule has 1 aliphatic heterocycles. The number of carbonyl (C=O) groups is 2. The number of carbonyl (C=O) groups excluding carboxylic acids is 1. The van der Waals surface area contributed by atoms with E-state index in [1.807, 2.05) is 6.92 Å². The number of benzene rings is 1. The van der Waals surface area contributed by atoms with Crippen LogP contribution in [0.2, 0.25) is 0 Å². The van der Waals surface area contributed by atoms with Gasteiger partial charge in [0.1, 0.15) is 5.01 Å². The van der Waals surface area contributed by atoms with Gasteiger partial charge < -0.3 is 10.0 Å². The first-order valence-electron chi connectivity index (χ1n) is 7.79. The van der Waals surface area contributed by atoms with E-state index in [0.29, 0.717) is 11.4 Å². The van der Waals surface area contributed by atoms with E-state index in [0.717, 1.165) is 22.6 Å². The summed E-state index contributed by atoms with van der Waals surface area (Å²) in [7, 11) is -3.78. The minimum absolute atomic E-state index is 0.0156. The molecule has 0 radical (unpaired) electrons. The van der Waals surface area contributed by atoms with Crippen molar-refractivity contribution in [2.45, 2.75) is 37.8 Å². The van der Waals surface area contributed by atoms with Gasteiger partial charge in [0.25, 0.3) is 0 Å². The van der Waals surface area contributed by atoms with Crippen molar-refractivity contribution < 1.29 is 23.1 Å². The number of anilines is 1. The van der Waals surface area contributed by atoms with Gasteiger partial charge in [-0.1, -0.05) is 0 Å². The molecule has 2 aromatic rings. The molecule has 1 unspecified atom stereocenters. The zero-order valence-electron chi connectivity index (χ0n) is 14.1. The third kappa shape index (κ3) is 3.48. The van der Waals surface area contributed by atoms with Crippen molar-refractivity contribution in [2.75, 3.05) is 4.90 Å². The number of aromatic nitrogens is 1. The Morgan fingerprint density at radius 3 is 2.77 bits per heavy atom. The molecule has 0 saturated carbocycles. The van der Waals surface area contributed by atoms with Crippen molar-refractivity contribution in [3.05, 3.63) is 39.8 Å². The summed E-state index contributed by atoms with van der Waals surface area (Å²) in [5.41, 5.74) is 1.42. The van der Waals surface area contributed by atoms with E-state index in [1.165, 1.54) is 18.4 Å². The molecule has 3 rings (SSSR count). The van der Waals surface area contributed by atoms with Gasteiger partial charge in [-0.15, -0.1) is 11.3 Å². The number of hydrogen-bond donors (Lipinski definition) is 2. The van der Waals surface area contributed by atoms with Crippen molar-refractivity contribution in [2.24, 2.45) is 0 Å². The van der Waals surface area contributed by atoms with Crippen LogP contribution in [0.1, 0.15) is 34.9 Å². The monoisotopic (exact) mass is 395 g/mol. The fourth-order valence-corrected chi connectivity index (χ4v) is 4.82. The van der Waals surface area contributed by atoms with Gasteiger partial charge in [0.05, 0.1) is 11.4 Å². The number of amides is 1. The summed E-state index contributed by atoms with van der Waals surface area (Å²) in [6, 6.07) is 4.65. The fraction of sp³-hybridized carbons (Fsp3) is 0.312. The van der Waals surface area contributed by atoms with Crippen LogP contribution < -0.4 is 9.62 Å². The number of aromatic carboxylic acids is 1. The highest BCUT2D eigenvalue weighted by Crippen LogP contribution is 2.33. The molecule has 0 spiro atoms. The predicted octanol–water partition coefficient (Wildman–Crippen LogP) is 1.62. The summed E-state index contributed by atoms with van der Waals surface area (Å²) in [5.74, 6) is -1.24. The maximum atomic E-state index is 12.5. The summed E-state index contributed by atoms with van der Waals surface area (Å²) < 4.78 is 27.5. The number of sulfonamides is 1. The molecule has 2 N–H and O–H groups in total. The second-order valence-corrected chi connectivity index (χ2v) is 8.70. The summed E-state index contributed by atoms with van der Waals surface area (Å²) >= 11 is 1.07. The lowest BCUT2D eigenvalue weighted by Crippen LogP contribution is -2.33. The smallest absolute Gasteiger partial charge is 0.355 e. The maximum absolute atomic E-state index is 12.5. The standard InChI is InChI=1S/C16H17N3O5S2/c1-9-5-11-6-12(3-4-14(11)19(9)10(2)20)26(23,24)17-7-15-18-13(8-25-15)16(21)22/h3-4,6,8-9,17H,5,7H2,1-2H3,(H,21,22). The van der Waals surface area contributed by atoms with Crippen molar-refractivity contribution in [3.63, 3.8) is 0 Å². The number of nitrogens with one attached hydrogen (secondary N) is 1. The summed E-state index contributed by atoms with van der Waals surface area (Å²) in [5, 5.41) is 10.6. The minimum Gasteiger partial charge on any atom is -0.476 e. The molecule has 138 valence electrons. The Balaban J connectivity index is 1.79. The summed E-state index contributed by atoms with van der Waals surface area (Å²) in [4.78, 5) is 28.2. The minimum atomic E-state index is -3.78. The number of fused-ring (bicyclic) bond motifs is 1. The molecule has 0 saturated heterocycles. The molecule has 0 aliphatic carbocycles. The van der Waals surface area contributed by atoms with E-state index in [2.05, 4.69) is 9.71 Å². The molecular weight excluding hydrogens is 378 g/mol. The zero-order chi connectivity index (χ0) is 19.1. The highest BCUT2D eigenvalue weighted by atomic mass is 32.2. The second kappa shape index (κ2) is 6.78. The molecule has 26 heavy (non-hydrogen) atoms. The molecule has 0 bridgehead atoms. The van der Waals surface area contributed by atoms with Crippen molar-refractivity contribution >= 4 is 38.9 Å². The number of rotatable bonds is 5. The normalized spacial score (nSPS) is 16.5. The van der Waals surface area contributed by atoms with Crippen LogP contribution in [-0.2, 0) is 27.8 Å². The van der Waals surface area contributed by atoms with Crippen LogP contribution in [0.3, 0.4) is 0 Å². The molecule has 0 fully saturated rings. The lowest BCUT2D eigenvalue weighted by atomic mass is 10.1. The SMILES string of the molecule is CC(=O)N1c2ccc(S(=O)(=O)NCc3nc(C(=O)O)cs3)cc2CC1C. The van der Waals surface area contributed by atoms with Crippen molar-refractivity contribution in [1.82, 2.24) is 9.71 Å². The molecule has 10 heteroatoms. The number of nitrogens with zero attached hydrogens (tertiary/aromatic N) is 2. The molecule has 1 aliphatic rings. The topological polar surface area (TPSA) is 117 Å². The first-order valence-corrected chi connectivity index (χ1v) is 10.2. The molecule has 1 aromatic heterocycles. The van der Waals surface area contributed by atoms with Crippen LogP contribution >= 0.6 is 11.3 Å². The quantitative estimate of drug-likeness (QED) is 0.794. The number of hydrogen-bond acceptors (Lipinski definition) is 6. The molecule has 2 heterocycles. The van der Waals surface area contributed by atoms with Gasteiger partial charge in [-0.25, -0.2) is 22.9 Å². The van der Waals surface area contributed by atoms with Crippen LogP contribution in [0.5, 0.6) is 0 Å². The number of carboxylic acid groups (broad SMARTS) is 1. The Morgan fingerprint density at radius 2 is 2.15 bits per heavy atom. The van der Waals surface area contributed by atoms with E-state index in [-0.39, 0.29) is 29.1 Å². The van der Waals surface area contributed by atoms with Gasteiger partial charge in [-0.05, 0) is 37.1 Å². The van der Waals surface area contributed by atoms with E-state index in [9.17, 15) is 18.0 Å². The van der Waals surface area contributed by atoms with Crippen LogP contribution in [0.4, 0.5) is 5.69 Å². The van der Waals surface area contributed by atoms with Gasteiger partial charge >= 0.3 is 5.97 Å². The lowest BCUT2D eigenvalue weighted by molar-refractivity contribution is -0.116. The summed E-state index contributed by atoms with van der Waals surface area (Å²) in [6.45, 7) is 3.31. The van der Waals surface area contributed by atoms with Crippen LogP contribution in [0.25, 0.3) is 0 Å². The maximum Gasteiger partial charge on any atom is 0.355 e. The number of carboxylic acids is 1. The van der Waals surface area contributed by atoms with E-state index in [4.69, 9.17) is 5.11 Å². The zero-order valence-corrected chi connectivity index (χ0v) is 15.7. The first kappa shape index (κ1) is 18.5. The average molecular weight is 395 g/mol. The van der Waals surface area contributed by atoms with E-state index >= 15 is 0 Å². The van der Waals surface area contributed by atoms with Gasteiger partial charge in [0.15, 0.2) is 5.69 Å². The Morgan fingerprint density at radius 1 is 1.42 bits per heavy atom. The van der Waals surface area contributed by atoms with Gasteiger partial charge in [-0.2, -0.15) is 0 Å². The Labute approximate surface area is 154 Å². The fourth-order valence-electron chi connectivity index (χ4n) is 2.98. The molecule has 8 nitrogen and oxygen atoms in total. The second-order valence-electron chi connectivity index (χ2n) is 5.99. The third-order valence-electron chi connectivity index (χ3n) is 4.10. The Bertz CT molecular complexity index is 984. The van der Waals surface area contributed by atoms with Gasteiger partial charge in [0, 0.05) is 24.0 Å². The molecule has 1 amide bonds. The average Bonchev–Trinajstić information content (AvgIpc) is 3.15. The molecule has 1 aromatic carbocycles.